The molecule has 3 aliphatic rings. The third-order valence-corrected chi connectivity index (χ3v) is 6.35. The predicted octanol–water partition coefficient (Wildman–Crippen LogP) is 3.48. The number of hydrogen-bond acceptors (Lipinski definition) is 8. The second kappa shape index (κ2) is 13.8. The van der Waals surface area contributed by atoms with Gasteiger partial charge in [0.1, 0.15) is 11.5 Å². The van der Waals surface area contributed by atoms with Crippen molar-refractivity contribution in [2.75, 3.05) is 26.2 Å². The van der Waals surface area contributed by atoms with Crippen LogP contribution in [0.3, 0.4) is 0 Å². The van der Waals surface area contributed by atoms with E-state index in [1.165, 1.54) is 33.0 Å². The molecule has 5 heterocycles. The molecule has 0 saturated carbocycles. The van der Waals surface area contributed by atoms with E-state index in [1.54, 1.807) is 22.9 Å². The van der Waals surface area contributed by atoms with E-state index in [0.29, 0.717) is 36.8 Å². The van der Waals surface area contributed by atoms with Crippen molar-refractivity contribution in [1.29, 1.82) is 0 Å². The van der Waals surface area contributed by atoms with E-state index in [9.17, 15) is 36.3 Å². The van der Waals surface area contributed by atoms with Gasteiger partial charge in [-0.2, -0.15) is 13.9 Å². The second-order valence-electron chi connectivity index (χ2n) is 10.2. The number of aliphatic imine (C=N–C) groups is 1. The van der Waals surface area contributed by atoms with Crippen LogP contribution < -0.4 is 21.5 Å². The second-order valence-corrected chi connectivity index (χ2v) is 10.2. The first-order valence-electron chi connectivity index (χ1n) is 13.6. The van der Waals surface area contributed by atoms with E-state index in [2.05, 4.69) is 29.8 Å². The molecule has 0 bridgehead atoms. The monoisotopic (exact) mass is 615 g/mol. The van der Waals surface area contributed by atoms with Crippen LogP contribution in [0.1, 0.15) is 46.1 Å². The minimum absolute atomic E-state index is 0.0418. The topological polar surface area (TPSA) is 139 Å². The van der Waals surface area contributed by atoms with Gasteiger partial charge in [-0.3, -0.25) is 19.6 Å². The van der Waals surface area contributed by atoms with Crippen LogP contribution in [0.25, 0.3) is 0 Å². The zero-order valence-corrected chi connectivity index (χ0v) is 24.1. The lowest BCUT2D eigenvalue weighted by Gasteiger charge is -2.29. The molecule has 5 rings (SSSR count). The molecule has 3 N–H and O–H groups in total. The Kier molecular flexibility index (Phi) is 10.7. The van der Waals surface area contributed by atoms with Crippen LogP contribution in [0.5, 0.6) is 5.75 Å². The lowest BCUT2D eigenvalue weighted by atomic mass is 10.1. The molecule has 236 valence electrons. The zero-order chi connectivity index (χ0) is 31.9. The van der Waals surface area contributed by atoms with Gasteiger partial charge in [-0.15, -0.1) is 0 Å². The molecule has 0 aliphatic carbocycles. The highest BCUT2D eigenvalue weighted by molar-refractivity contribution is 6.16. The highest BCUT2D eigenvalue weighted by atomic mass is 19.3. The Labute approximate surface area is 243 Å². The Morgan fingerprint density at radius 3 is 2.35 bits per heavy atom. The van der Waals surface area contributed by atoms with Crippen LogP contribution >= 0.6 is 0 Å². The summed E-state index contributed by atoms with van der Waals surface area (Å²) in [6, 6.07) is 2.36. The number of rotatable bonds is 6. The largest absolute Gasteiger partial charge is 0.431 e. The summed E-state index contributed by atoms with van der Waals surface area (Å²) in [6.45, 7) is 6.92. The van der Waals surface area contributed by atoms with Crippen LogP contribution in [0.15, 0.2) is 60.8 Å². The first-order chi connectivity index (χ1) is 20.1. The fourth-order valence-electron chi connectivity index (χ4n) is 3.96. The first kappa shape index (κ1) is 33.3. The van der Waals surface area contributed by atoms with Crippen molar-refractivity contribution in [2.24, 2.45) is 16.0 Å². The number of H-pyrrole nitrogens is 3. The van der Waals surface area contributed by atoms with Crippen LogP contribution in [0.4, 0.5) is 22.0 Å². The predicted molar refractivity (Wildman–Crippen MR) is 151 cm³/mol. The quantitative estimate of drug-likeness (QED) is 0.426. The number of alkyl halides is 5. The number of ether oxygens (including phenoxy) is 1. The van der Waals surface area contributed by atoms with Crippen LogP contribution in [-0.4, -0.2) is 80.8 Å². The lowest BCUT2D eigenvalue weighted by Crippen LogP contribution is -2.39. The molecule has 1 saturated heterocycles. The van der Waals surface area contributed by atoms with Gasteiger partial charge in [0.15, 0.2) is 5.84 Å². The number of halogens is 5. The fraction of sp³-hybridized carbons (Fsp3) is 0.519. The molecular weight excluding hydrogens is 581 g/mol. The molecular formula is C27H34F5N7O4. The zero-order valence-electron chi connectivity index (χ0n) is 24.1. The van der Waals surface area contributed by atoms with Crippen LogP contribution in [0.2, 0.25) is 0 Å². The Morgan fingerprint density at radius 1 is 1.09 bits per heavy atom. The molecule has 0 aromatic carbocycles. The molecule has 3 aliphatic heterocycles. The normalized spacial score (nSPS) is 18.0. The molecule has 16 heteroatoms. The molecule has 2 aromatic rings. The summed E-state index contributed by atoms with van der Waals surface area (Å²) < 4.78 is 69.2. The minimum Gasteiger partial charge on any atom is -0.431 e. The van der Waals surface area contributed by atoms with Gasteiger partial charge in [0.25, 0.3) is 11.5 Å². The van der Waals surface area contributed by atoms with E-state index in [1.807, 2.05) is 0 Å². The summed E-state index contributed by atoms with van der Waals surface area (Å²) in [6.07, 6.45) is 0.182. The number of aromatic nitrogens is 3. The minimum atomic E-state index is -3.22. The van der Waals surface area contributed by atoms with Gasteiger partial charge < -0.3 is 19.6 Å². The lowest BCUT2D eigenvalue weighted by molar-refractivity contribution is -0.212. The molecule has 2 aromatic heterocycles. The van der Waals surface area contributed by atoms with Gasteiger partial charge in [0, 0.05) is 31.4 Å². The van der Waals surface area contributed by atoms with Crippen molar-refractivity contribution in [3.05, 3.63) is 73.1 Å². The summed E-state index contributed by atoms with van der Waals surface area (Å²) in [4.78, 5) is 46.5. The number of amidine groups is 1. The Balaban J connectivity index is 0.000000229. The third-order valence-electron chi connectivity index (χ3n) is 6.35. The molecule has 0 radical (unpaired) electrons. The maximum atomic E-state index is 13.6. The van der Waals surface area contributed by atoms with Crippen LogP contribution in [-0.2, 0) is 0 Å². The molecule has 1 atom stereocenters. The maximum absolute atomic E-state index is 13.6. The SMILES string of the molecule is CC(C)F.CCC(C)C(F)(F)Oc1ccc(=O)[nH]c1.O=c1[nH]cc(C2=NN3CCN=C3C(N3CCC(F)(F)C3)=C2)c(=O)[nH]1. The number of hydrogen-bond donors (Lipinski definition) is 3. The summed E-state index contributed by atoms with van der Waals surface area (Å²) in [5.41, 5.74) is -0.552. The van der Waals surface area contributed by atoms with E-state index in [4.69, 9.17) is 0 Å². The van der Waals surface area contributed by atoms with Crippen molar-refractivity contribution in [2.45, 2.75) is 58.7 Å². The molecule has 0 amide bonds. The Morgan fingerprint density at radius 2 is 1.79 bits per heavy atom. The van der Waals surface area contributed by atoms with Crippen molar-refractivity contribution in [1.82, 2.24) is 24.9 Å². The number of nitrogens with one attached hydrogen (secondary N) is 3. The summed E-state index contributed by atoms with van der Waals surface area (Å²) in [5.74, 6) is -3.11. The van der Waals surface area contributed by atoms with Crippen LogP contribution in [0, 0.1) is 5.92 Å². The number of aromatic amines is 3. The van der Waals surface area contributed by atoms with Gasteiger partial charge in [-0.05, 0) is 32.4 Å². The highest BCUT2D eigenvalue weighted by Gasteiger charge is 2.42. The summed E-state index contributed by atoms with van der Waals surface area (Å²) in [7, 11) is 0. The number of fused-ring (bicyclic) bond motifs is 1. The van der Waals surface area contributed by atoms with Gasteiger partial charge in [0.05, 0.1) is 43.0 Å². The molecule has 1 fully saturated rings. The molecule has 1 unspecified atom stereocenters. The summed E-state index contributed by atoms with van der Waals surface area (Å²) in [5, 5.41) is 5.95. The number of nitrogens with zero attached hydrogens (tertiary/aromatic N) is 4. The number of likely N-dealkylation sites (tertiary alicyclic amines) is 1. The van der Waals surface area contributed by atoms with E-state index >= 15 is 0 Å². The highest BCUT2D eigenvalue weighted by Crippen LogP contribution is 2.32. The third kappa shape index (κ3) is 9.12. The standard InChI is InChI=1S/C14H14F2N6O2.C10H13F2NO2.C3H7F/c15-14(16)1-3-21(7-14)10-5-9(20-22-4-2-17-11(10)22)8-6-18-13(24)19-12(8)23;1-3-7(2)10(11,12)15-8-4-5-9(14)13-6-8;1-3(2)4/h5-6H,1-4,7H2,(H2,18,19,23,24);4-7H,3H2,1-2H3,(H,13,14);3H,1-2H3. The first-order valence-corrected chi connectivity index (χ1v) is 13.6. The van der Waals surface area contributed by atoms with Crippen molar-refractivity contribution < 1.29 is 26.7 Å². The smallest absolute Gasteiger partial charge is 0.400 e. The fourth-order valence-corrected chi connectivity index (χ4v) is 3.96. The van der Waals surface area contributed by atoms with Crippen molar-refractivity contribution in [3.8, 4) is 5.75 Å². The number of pyridine rings is 1. The Bertz CT molecular complexity index is 1510. The molecule has 43 heavy (non-hydrogen) atoms. The average Bonchev–Trinajstić information content (AvgIpc) is 3.54. The average molecular weight is 616 g/mol. The van der Waals surface area contributed by atoms with Gasteiger partial charge >= 0.3 is 11.8 Å². The van der Waals surface area contributed by atoms with Crippen molar-refractivity contribution >= 4 is 11.5 Å². The van der Waals surface area contributed by atoms with E-state index in [0.717, 1.165) is 12.3 Å². The molecule has 11 nitrogen and oxygen atoms in total. The maximum Gasteiger partial charge on any atom is 0.400 e. The summed E-state index contributed by atoms with van der Waals surface area (Å²) >= 11 is 0. The van der Waals surface area contributed by atoms with Crippen molar-refractivity contribution in [3.63, 3.8) is 0 Å². The molecule has 0 spiro atoms. The van der Waals surface area contributed by atoms with Gasteiger partial charge in [-0.1, -0.05) is 13.8 Å². The number of hydrazone groups is 1. The van der Waals surface area contributed by atoms with E-state index < -0.39 is 35.4 Å². The van der Waals surface area contributed by atoms with E-state index in [-0.39, 0.29) is 36.4 Å². The Hall–Kier alpha value is -4.24. The van der Waals surface area contributed by atoms with Gasteiger partial charge in [-0.25, -0.2) is 23.0 Å². The van der Waals surface area contributed by atoms with Gasteiger partial charge in [0.2, 0.25) is 5.56 Å². The number of allylic oxidation sites excluding steroid dienone is 1.